The lowest BCUT2D eigenvalue weighted by Gasteiger charge is -2.26. The number of nitrogens with one attached hydrogen (secondary N) is 1. The summed E-state index contributed by atoms with van der Waals surface area (Å²) in [5.41, 5.74) is 3.57. The zero-order chi connectivity index (χ0) is 17.1. The second kappa shape index (κ2) is 7.36. The van der Waals surface area contributed by atoms with Gasteiger partial charge in [-0.15, -0.1) is 0 Å². The highest BCUT2D eigenvalue weighted by atomic mass is 16.4. The van der Waals surface area contributed by atoms with Gasteiger partial charge in [0.2, 0.25) is 0 Å². The monoisotopic (exact) mass is 329 g/mol. The van der Waals surface area contributed by atoms with Crippen LogP contribution in [0.25, 0.3) is 10.9 Å². The number of rotatable bonds is 6. The second-order valence-electron chi connectivity index (χ2n) is 6.65. The number of carbonyl (C=O) groups is 1. The Morgan fingerprint density at radius 3 is 2.71 bits per heavy atom. The summed E-state index contributed by atoms with van der Waals surface area (Å²) < 4.78 is 2.08. The number of piperazine rings is 1. The fourth-order valence-corrected chi connectivity index (χ4v) is 3.69. The van der Waals surface area contributed by atoms with Crippen LogP contribution >= 0.6 is 0 Å². The van der Waals surface area contributed by atoms with Crippen LogP contribution in [0.2, 0.25) is 0 Å². The molecule has 0 atom stereocenters. The van der Waals surface area contributed by atoms with Crippen LogP contribution in [-0.4, -0.2) is 53.3 Å². The lowest BCUT2D eigenvalue weighted by Crippen LogP contribution is -2.43. The van der Waals surface area contributed by atoms with Gasteiger partial charge in [0, 0.05) is 44.3 Å². The first-order valence-corrected chi connectivity index (χ1v) is 8.89. The Bertz CT molecular complexity index is 730. The fourth-order valence-electron chi connectivity index (χ4n) is 3.69. The van der Waals surface area contributed by atoms with Crippen LogP contribution in [0.3, 0.4) is 0 Å². The Labute approximate surface area is 143 Å². The van der Waals surface area contributed by atoms with Crippen LogP contribution in [0.15, 0.2) is 18.3 Å². The molecular weight excluding hydrogens is 302 g/mol. The van der Waals surface area contributed by atoms with Crippen molar-refractivity contribution in [3.63, 3.8) is 0 Å². The summed E-state index contributed by atoms with van der Waals surface area (Å²) in [5.74, 6) is -0.844. The van der Waals surface area contributed by atoms with Crippen molar-refractivity contribution >= 4 is 16.9 Å². The van der Waals surface area contributed by atoms with Crippen molar-refractivity contribution in [2.75, 3.05) is 32.7 Å². The third-order valence-corrected chi connectivity index (χ3v) is 4.90. The summed E-state index contributed by atoms with van der Waals surface area (Å²) in [6, 6.07) is 3.91. The summed E-state index contributed by atoms with van der Waals surface area (Å²) >= 11 is 0. The quantitative estimate of drug-likeness (QED) is 0.855. The van der Waals surface area contributed by atoms with Gasteiger partial charge in [0.1, 0.15) is 0 Å². The summed E-state index contributed by atoms with van der Waals surface area (Å²) in [4.78, 5) is 14.1. The molecule has 24 heavy (non-hydrogen) atoms. The number of aromatic nitrogens is 1. The first-order chi connectivity index (χ1) is 11.6. The van der Waals surface area contributed by atoms with Gasteiger partial charge in [0.05, 0.1) is 11.1 Å². The molecule has 1 aliphatic rings. The molecule has 2 N–H and O–H groups in total. The van der Waals surface area contributed by atoms with E-state index in [1.54, 1.807) is 6.07 Å². The zero-order valence-electron chi connectivity index (χ0n) is 14.6. The van der Waals surface area contributed by atoms with Gasteiger partial charge in [-0.05, 0) is 56.5 Å². The van der Waals surface area contributed by atoms with E-state index >= 15 is 0 Å². The number of benzene rings is 1. The lowest BCUT2D eigenvalue weighted by molar-refractivity contribution is 0.0698. The molecule has 130 valence electrons. The molecule has 0 spiro atoms. The molecular formula is C19H27N3O2. The summed E-state index contributed by atoms with van der Waals surface area (Å²) in [6.45, 7) is 10.3. The first-order valence-electron chi connectivity index (χ1n) is 8.89. The minimum atomic E-state index is -0.844. The molecule has 0 radical (unpaired) electrons. The number of hydrogen-bond acceptors (Lipinski definition) is 3. The van der Waals surface area contributed by atoms with E-state index in [4.69, 9.17) is 0 Å². The Morgan fingerprint density at radius 2 is 2.04 bits per heavy atom. The SMILES string of the molecule is CCn1cc(CCCN2CCNCC2)c2cc(C)cc(C(=O)O)c21. The molecule has 2 heterocycles. The first kappa shape index (κ1) is 17.0. The average Bonchev–Trinajstić information content (AvgIpc) is 2.93. The molecule has 0 amide bonds. The Morgan fingerprint density at radius 1 is 1.29 bits per heavy atom. The van der Waals surface area contributed by atoms with Crippen molar-refractivity contribution in [2.24, 2.45) is 0 Å². The van der Waals surface area contributed by atoms with Crippen LogP contribution in [0, 0.1) is 6.92 Å². The Kier molecular flexibility index (Phi) is 5.21. The molecule has 0 saturated carbocycles. The number of carboxylic acids is 1. The predicted molar refractivity (Wildman–Crippen MR) is 96.9 cm³/mol. The number of carboxylic acid groups (broad SMARTS) is 1. The van der Waals surface area contributed by atoms with Crippen molar-refractivity contribution in [3.05, 3.63) is 35.0 Å². The van der Waals surface area contributed by atoms with Gasteiger partial charge in [-0.25, -0.2) is 4.79 Å². The number of hydrogen-bond donors (Lipinski definition) is 2. The van der Waals surface area contributed by atoms with E-state index in [1.807, 2.05) is 6.92 Å². The molecule has 0 aliphatic carbocycles. The Hall–Kier alpha value is -1.85. The topological polar surface area (TPSA) is 57.5 Å². The summed E-state index contributed by atoms with van der Waals surface area (Å²) in [6.07, 6.45) is 4.25. The molecule has 1 fully saturated rings. The van der Waals surface area contributed by atoms with Crippen molar-refractivity contribution in [3.8, 4) is 0 Å². The van der Waals surface area contributed by atoms with E-state index in [1.165, 1.54) is 5.56 Å². The van der Waals surface area contributed by atoms with E-state index in [0.29, 0.717) is 5.56 Å². The standard InChI is InChI=1S/C19H27N3O2/c1-3-22-13-15(5-4-8-21-9-6-20-7-10-21)16-11-14(2)12-17(18(16)22)19(23)24/h11-13,20H,3-10H2,1-2H3,(H,23,24). The fraction of sp³-hybridized carbons (Fsp3) is 0.526. The predicted octanol–water partition coefficient (Wildman–Crippen LogP) is 2.51. The maximum atomic E-state index is 11.6. The van der Waals surface area contributed by atoms with Gasteiger partial charge < -0.3 is 19.9 Å². The second-order valence-corrected chi connectivity index (χ2v) is 6.65. The smallest absolute Gasteiger partial charge is 0.337 e. The minimum absolute atomic E-state index is 0.417. The van der Waals surface area contributed by atoms with Crippen molar-refractivity contribution in [2.45, 2.75) is 33.2 Å². The van der Waals surface area contributed by atoms with Crippen molar-refractivity contribution in [1.82, 2.24) is 14.8 Å². The zero-order valence-corrected chi connectivity index (χ0v) is 14.6. The Balaban J connectivity index is 1.83. The normalized spacial score (nSPS) is 15.9. The molecule has 5 nitrogen and oxygen atoms in total. The summed E-state index contributed by atoms with van der Waals surface area (Å²) in [7, 11) is 0. The third kappa shape index (κ3) is 3.47. The molecule has 1 aromatic heterocycles. The van der Waals surface area contributed by atoms with Crippen LogP contribution < -0.4 is 5.32 Å². The van der Waals surface area contributed by atoms with E-state index < -0.39 is 5.97 Å². The third-order valence-electron chi connectivity index (χ3n) is 4.90. The number of nitrogens with zero attached hydrogens (tertiary/aromatic N) is 2. The maximum absolute atomic E-state index is 11.6. The van der Waals surface area contributed by atoms with Crippen molar-refractivity contribution in [1.29, 1.82) is 0 Å². The van der Waals surface area contributed by atoms with E-state index in [-0.39, 0.29) is 0 Å². The van der Waals surface area contributed by atoms with E-state index in [2.05, 4.69) is 34.0 Å². The highest BCUT2D eigenvalue weighted by molar-refractivity contribution is 6.03. The molecule has 3 rings (SSSR count). The average molecular weight is 329 g/mol. The molecule has 1 aromatic carbocycles. The highest BCUT2D eigenvalue weighted by Gasteiger charge is 2.17. The van der Waals surface area contributed by atoms with Gasteiger partial charge in [0.15, 0.2) is 0 Å². The molecule has 0 unspecified atom stereocenters. The molecule has 5 heteroatoms. The van der Waals surface area contributed by atoms with Gasteiger partial charge in [-0.3, -0.25) is 0 Å². The number of aromatic carboxylic acids is 1. The van der Waals surface area contributed by atoms with Gasteiger partial charge in [-0.2, -0.15) is 0 Å². The largest absolute Gasteiger partial charge is 0.478 e. The van der Waals surface area contributed by atoms with Gasteiger partial charge in [-0.1, -0.05) is 0 Å². The number of aryl methyl sites for hydroxylation is 3. The molecule has 0 bridgehead atoms. The molecule has 2 aromatic rings. The van der Waals surface area contributed by atoms with Crippen LogP contribution in [-0.2, 0) is 13.0 Å². The maximum Gasteiger partial charge on any atom is 0.337 e. The van der Waals surface area contributed by atoms with Gasteiger partial charge in [0.25, 0.3) is 0 Å². The van der Waals surface area contributed by atoms with E-state index in [0.717, 1.165) is 68.6 Å². The summed E-state index contributed by atoms with van der Waals surface area (Å²) in [5, 5.41) is 14.0. The van der Waals surface area contributed by atoms with Gasteiger partial charge >= 0.3 is 5.97 Å². The lowest BCUT2D eigenvalue weighted by atomic mass is 10.0. The van der Waals surface area contributed by atoms with Crippen molar-refractivity contribution < 1.29 is 9.90 Å². The number of fused-ring (bicyclic) bond motifs is 1. The molecule has 1 saturated heterocycles. The molecule has 1 aliphatic heterocycles. The minimum Gasteiger partial charge on any atom is -0.478 e. The van der Waals surface area contributed by atoms with Crippen LogP contribution in [0.1, 0.15) is 34.8 Å². The highest BCUT2D eigenvalue weighted by Crippen LogP contribution is 2.28. The van der Waals surface area contributed by atoms with E-state index in [9.17, 15) is 9.90 Å². The van der Waals surface area contributed by atoms with Crippen LogP contribution in [0.4, 0.5) is 0 Å². The van der Waals surface area contributed by atoms with Crippen LogP contribution in [0.5, 0.6) is 0 Å².